The van der Waals surface area contributed by atoms with Gasteiger partial charge in [-0.25, -0.2) is 0 Å². The number of nitrogens with zero attached hydrogens (tertiary/aromatic N) is 2. The molecule has 1 unspecified atom stereocenters. The molecule has 0 bridgehead atoms. The highest BCUT2D eigenvalue weighted by atomic mass is 19.4. The molecule has 0 amide bonds. The second-order valence-electron chi connectivity index (χ2n) is 4.52. The third-order valence-corrected chi connectivity index (χ3v) is 3.01. The Morgan fingerprint density at radius 2 is 2.05 bits per heavy atom. The lowest BCUT2D eigenvalue weighted by Crippen LogP contribution is -2.10. The predicted molar refractivity (Wildman–Crippen MR) is 72.4 cm³/mol. The molecule has 1 N–H and O–H groups in total. The summed E-state index contributed by atoms with van der Waals surface area (Å²) in [6.07, 6.45) is -1.21. The molecule has 0 aliphatic rings. The number of nitrogens with one attached hydrogen (secondary N) is 1. The minimum Gasteiger partial charge on any atom is -0.378 e. The molecule has 0 saturated heterocycles. The number of anilines is 1. The predicted octanol–water partition coefficient (Wildman–Crippen LogP) is 4.15. The zero-order valence-electron chi connectivity index (χ0n) is 11.1. The standard InChI is InChI=1S/C15H12F3N3/c1-10(11-3-2-6-20-9-11)21-13-4-5-14(15(16,17)18)12(7-13)8-19/h2-7,9-10,21H,1H3. The highest BCUT2D eigenvalue weighted by molar-refractivity contribution is 5.54. The van der Waals surface area contributed by atoms with E-state index >= 15 is 0 Å². The van der Waals surface area contributed by atoms with E-state index in [1.54, 1.807) is 24.5 Å². The van der Waals surface area contributed by atoms with Crippen LogP contribution in [-0.2, 0) is 6.18 Å². The van der Waals surface area contributed by atoms with Crippen molar-refractivity contribution in [1.82, 2.24) is 4.98 Å². The molecule has 0 aliphatic heterocycles. The van der Waals surface area contributed by atoms with Gasteiger partial charge in [0.05, 0.1) is 23.2 Å². The summed E-state index contributed by atoms with van der Waals surface area (Å²) >= 11 is 0. The average Bonchev–Trinajstić information content (AvgIpc) is 2.46. The maximum Gasteiger partial charge on any atom is 0.417 e. The van der Waals surface area contributed by atoms with Gasteiger partial charge in [-0.1, -0.05) is 6.07 Å². The van der Waals surface area contributed by atoms with E-state index in [0.29, 0.717) is 5.69 Å². The van der Waals surface area contributed by atoms with Gasteiger partial charge in [0.15, 0.2) is 0 Å². The van der Waals surface area contributed by atoms with Crippen LogP contribution in [0.2, 0.25) is 0 Å². The Balaban J connectivity index is 2.25. The van der Waals surface area contributed by atoms with Crippen molar-refractivity contribution in [3.63, 3.8) is 0 Å². The number of pyridine rings is 1. The van der Waals surface area contributed by atoms with Gasteiger partial charge >= 0.3 is 6.18 Å². The van der Waals surface area contributed by atoms with Crippen molar-refractivity contribution in [3.05, 3.63) is 59.4 Å². The van der Waals surface area contributed by atoms with E-state index in [1.165, 1.54) is 12.1 Å². The molecule has 0 spiro atoms. The summed E-state index contributed by atoms with van der Waals surface area (Å²) in [6, 6.07) is 8.52. The molecule has 6 heteroatoms. The molecule has 0 radical (unpaired) electrons. The molecule has 21 heavy (non-hydrogen) atoms. The number of aromatic nitrogens is 1. The van der Waals surface area contributed by atoms with E-state index in [4.69, 9.17) is 5.26 Å². The van der Waals surface area contributed by atoms with E-state index in [9.17, 15) is 13.2 Å². The minimum absolute atomic E-state index is 0.137. The monoisotopic (exact) mass is 291 g/mol. The molecule has 2 rings (SSSR count). The third kappa shape index (κ3) is 3.51. The lowest BCUT2D eigenvalue weighted by molar-refractivity contribution is -0.137. The Morgan fingerprint density at radius 1 is 1.29 bits per heavy atom. The zero-order chi connectivity index (χ0) is 15.5. The van der Waals surface area contributed by atoms with Crippen LogP contribution in [0.5, 0.6) is 0 Å². The number of benzene rings is 1. The molecule has 1 aromatic heterocycles. The molecule has 1 aromatic carbocycles. The first-order valence-corrected chi connectivity index (χ1v) is 6.19. The molecule has 1 heterocycles. The van der Waals surface area contributed by atoms with Crippen molar-refractivity contribution in [3.8, 4) is 6.07 Å². The second-order valence-corrected chi connectivity index (χ2v) is 4.52. The fraction of sp³-hybridized carbons (Fsp3) is 0.200. The number of halogens is 3. The van der Waals surface area contributed by atoms with Gasteiger partial charge < -0.3 is 5.32 Å². The first-order valence-electron chi connectivity index (χ1n) is 6.19. The van der Waals surface area contributed by atoms with E-state index in [-0.39, 0.29) is 6.04 Å². The quantitative estimate of drug-likeness (QED) is 0.924. The van der Waals surface area contributed by atoms with Crippen LogP contribution in [0.4, 0.5) is 18.9 Å². The number of hydrogen-bond donors (Lipinski definition) is 1. The van der Waals surface area contributed by atoms with E-state index in [1.807, 2.05) is 13.0 Å². The molecular formula is C15H12F3N3. The van der Waals surface area contributed by atoms with Crippen LogP contribution in [0, 0.1) is 11.3 Å². The summed E-state index contributed by atoms with van der Waals surface area (Å²) in [5.74, 6) is 0. The summed E-state index contributed by atoms with van der Waals surface area (Å²) in [4.78, 5) is 3.99. The van der Waals surface area contributed by atoms with Crippen molar-refractivity contribution >= 4 is 5.69 Å². The molecule has 0 fully saturated rings. The lowest BCUT2D eigenvalue weighted by Gasteiger charge is -2.16. The van der Waals surface area contributed by atoms with Crippen LogP contribution >= 0.6 is 0 Å². The lowest BCUT2D eigenvalue weighted by atomic mass is 10.1. The van der Waals surface area contributed by atoms with Gasteiger partial charge in [0.2, 0.25) is 0 Å². The van der Waals surface area contributed by atoms with Crippen molar-refractivity contribution in [2.75, 3.05) is 5.32 Å². The molecule has 2 aromatic rings. The minimum atomic E-state index is -4.53. The van der Waals surface area contributed by atoms with Crippen LogP contribution in [-0.4, -0.2) is 4.98 Å². The Hall–Kier alpha value is -2.55. The Kier molecular flexibility index (Phi) is 4.13. The SMILES string of the molecule is CC(Nc1ccc(C(F)(F)F)c(C#N)c1)c1cccnc1. The van der Waals surface area contributed by atoms with Gasteiger partial charge in [0, 0.05) is 18.1 Å². The summed E-state index contributed by atoms with van der Waals surface area (Å²) in [5.41, 5.74) is 0.0299. The summed E-state index contributed by atoms with van der Waals surface area (Å²) in [5, 5.41) is 11.9. The number of rotatable bonds is 3. The molecule has 1 atom stereocenters. The first kappa shape index (κ1) is 14.9. The van der Waals surface area contributed by atoms with Crippen molar-refractivity contribution in [1.29, 1.82) is 5.26 Å². The fourth-order valence-corrected chi connectivity index (χ4v) is 1.94. The smallest absolute Gasteiger partial charge is 0.378 e. The zero-order valence-corrected chi connectivity index (χ0v) is 11.1. The van der Waals surface area contributed by atoms with Crippen LogP contribution in [0.1, 0.15) is 29.7 Å². The largest absolute Gasteiger partial charge is 0.417 e. The van der Waals surface area contributed by atoms with Crippen molar-refractivity contribution in [2.24, 2.45) is 0 Å². The summed E-state index contributed by atoms with van der Waals surface area (Å²) < 4.78 is 38.1. The average molecular weight is 291 g/mol. The van der Waals surface area contributed by atoms with Crippen LogP contribution in [0.25, 0.3) is 0 Å². The molecule has 3 nitrogen and oxygen atoms in total. The summed E-state index contributed by atoms with van der Waals surface area (Å²) in [6.45, 7) is 1.86. The molecule has 0 saturated carbocycles. The third-order valence-electron chi connectivity index (χ3n) is 3.01. The van der Waals surface area contributed by atoms with Crippen LogP contribution < -0.4 is 5.32 Å². The van der Waals surface area contributed by atoms with E-state index < -0.39 is 17.3 Å². The Morgan fingerprint density at radius 3 is 2.62 bits per heavy atom. The Bertz CT molecular complexity index is 660. The Labute approximate surface area is 120 Å². The van der Waals surface area contributed by atoms with Crippen molar-refractivity contribution in [2.45, 2.75) is 19.1 Å². The normalized spacial score (nSPS) is 12.5. The highest BCUT2D eigenvalue weighted by Crippen LogP contribution is 2.33. The summed E-state index contributed by atoms with van der Waals surface area (Å²) in [7, 11) is 0. The van der Waals surface area contributed by atoms with Gasteiger partial charge in [0.1, 0.15) is 0 Å². The fourth-order valence-electron chi connectivity index (χ4n) is 1.94. The van der Waals surface area contributed by atoms with E-state index in [2.05, 4.69) is 10.3 Å². The van der Waals surface area contributed by atoms with E-state index in [0.717, 1.165) is 11.6 Å². The molecular weight excluding hydrogens is 279 g/mol. The first-order chi connectivity index (χ1) is 9.91. The van der Waals surface area contributed by atoms with Crippen LogP contribution in [0.3, 0.4) is 0 Å². The van der Waals surface area contributed by atoms with Crippen molar-refractivity contribution < 1.29 is 13.2 Å². The van der Waals surface area contributed by atoms with Gasteiger partial charge in [-0.05, 0) is 36.8 Å². The van der Waals surface area contributed by atoms with Gasteiger partial charge in [-0.15, -0.1) is 0 Å². The van der Waals surface area contributed by atoms with Gasteiger partial charge in [-0.3, -0.25) is 4.98 Å². The maximum absolute atomic E-state index is 12.7. The number of hydrogen-bond acceptors (Lipinski definition) is 3. The molecule has 0 aliphatic carbocycles. The number of nitriles is 1. The topological polar surface area (TPSA) is 48.7 Å². The second kappa shape index (κ2) is 5.83. The van der Waals surface area contributed by atoms with Crippen LogP contribution in [0.15, 0.2) is 42.7 Å². The van der Waals surface area contributed by atoms with Gasteiger partial charge in [-0.2, -0.15) is 18.4 Å². The number of alkyl halides is 3. The van der Waals surface area contributed by atoms with Gasteiger partial charge in [0.25, 0.3) is 0 Å². The highest BCUT2D eigenvalue weighted by Gasteiger charge is 2.33. The molecule has 108 valence electrons. The maximum atomic E-state index is 12.7.